The predicted octanol–water partition coefficient (Wildman–Crippen LogP) is 2.42. The maximum Gasteiger partial charge on any atom is 0.255 e. The number of carbonyl (C=O) groups excluding carboxylic acids is 2. The number of nitrogens with zero attached hydrogens (tertiary/aromatic N) is 2. The Morgan fingerprint density at radius 1 is 1.24 bits per heavy atom. The predicted molar refractivity (Wildman–Crippen MR) is 94.6 cm³/mol. The van der Waals surface area contributed by atoms with Crippen LogP contribution in [0.1, 0.15) is 36.5 Å². The minimum absolute atomic E-state index is 0.289. The van der Waals surface area contributed by atoms with Crippen LogP contribution >= 0.6 is 0 Å². The molecule has 1 aliphatic heterocycles. The van der Waals surface area contributed by atoms with Gasteiger partial charge in [-0.15, -0.1) is 0 Å². The summed E-state index contributed by atoms with van der Waals surface area (Å²) in [4.78, 5) is 31.1. The van der Waals surface area contributed by atoms with E-state index >= 15 is 0 Å². The first-order chi connectivity index (χ1) is 12.1. The first kappa shape index (κ1) is 17.0. The molecule has 1 aliphatic rings. The monoisotopic (exact) mass is 342 g/mol. The second-order valence-electron chi connectivity index (χ2n) is 6.12. The lowest BCUT2D eigenvalue weighted by Crippen LogP contribution is -2.42. The molecule has 0 aliphatic carbocycles. The van der Waals surface area contributed by atoms with Crippen molar-refractivity contribution < 1.29 is 14.0 Å². The topological polar surface area (TPSA) is 87.5 Å². The molecule has 2 aromatic heterocycles. The minimum Gasteiger partial charge on any atom is -0.472 e. The fraction of sp³-hybridized carbons (Fsp3) is 0.389. The molecule has 2 N–H and O–H groups in total. The maximum atomic E-state index is 12.5. The lowest BCUT2D eigenvalue weighted by atomic mass is 10.1. The molecule has 0 bridgehead atoms. The van der Waals surface area contributed by atoms with Crippen molar-refractivity contribution in [2.75, 3.05) is 23.3 Å². The number of hydrogen-bond donors (Lipinski definition) is 2. The quantitative estimate of drug-likeness (QED) is 0.871. The number of hydrogen-bond acceptors (Lipinski definition) is 5. The van der Waals surface area contributed by atoms with Crippen LogP contribution in [0.4, 0.5) is 11.5 Å². The van der Waals surface area contributed by atoms with Crippen LogP contribution in [0, 0.1) is 0 Å². The second kappa shape index (κ2) is 7.83. The zero-order valence-electron chi connectivity index (χ0n) is 14.2. The number of carbonyl (C=O) groups is 2. The number of anilines is 2. The molecule has 0 aromatic carbocycles. The minimum atomic E-state index is -0.684. The van der Waals surface area contributed by atoms with E-state index in [0.717, 1.165) is 31.7 Å². The van der Waals surface area contributed by atoms with E-state index in [1.807, 2.05) is 6.07 Å². The average molecular weight is 342 g/mol. The van der Waals surface area contributed by atoms with Gasteiger partial charge in [-0.1, -0.05) is 0 Å². The number of nitrogens with one attached hydrogen (secondary N) is 2. The summed E-state index contributed by atoms with van der Waals surface area (Å²) in [5.74, 6) is 0.144. The number of amides is 2. The molecule has 1 saturated heterocycles. The van der Waals surface area contributed by atoms with Gasteiger partial charge < -0.3 is 20.0 Å². The van der Waals surface area contributed by atoms with E-state index in [4.69, 9.17) is 4.42 Å². The molecular weight excluding hydrogens is 320 g/mol. The molecule has 0 spiro atoms. The highest BCUT2D eigenvalue weighted by molar-refractivity contribution is 6.01. The van der Waals surface area contributed by atoms with Crippen molar-refractivity contribution >= 4 is 23.3 Å². The third-order valence-corrected chi connectivity index (χ3v) is 4.22. The first-order valence-corrected chi connectivity index (χ1v) is 8.49. The van der Waals surface area contributed by atoms with Crippen LogP contribution in [0.3, 0.4) is 0 Å². The number of furan rings is 1. The van der Waals surface area contributed by atoms with Gasteiger partial charge in [0, 0.05) is 19.3 Å². The van der Waals surface area contributed by atoms with Crippen LogP contribution in [0.2, 0.25) is 0 Å². The molecule has 0 unspecified atom stereocenters. The van der Waals surface area contributed by atoms with Crippen LogP contribution in [0.25, 0.3) is 0 Å². The van der Waals surface area contributed by atoms with E-state index in [9.17, 15) is 9.59 Å². The lowest BCUT2D eigenvalue weighted by molar-refractivity contribution is -0.117. The van der Waals surface area contributed by atoms with Gasteiger partial charge in [-0.2, -0.15) is 0 Å². The van der Waals surface area contributed by atoms with E-state index in [-0.39, 0.29) is 11.8 Å². The number of piperidine rings is 1. The molecule has 132 valence electrons. The number of pyridine rings is 1. The zero-order chi connectivity index (χ0) is 17.6. The summed E-state index contributed by atoms with van der Waals surface area (Å²) in [7, 11) is 0. The lowest BCUT2D eigenvalue weighted by Gasteiger charge is -2.29. The highest BCUT2D eigenvalue weighted by atomic mass is 16.3. The summed E-state index contributed by atoms with van der Waals surface area (Å²) in [6.07, 6.45) is 7.96. The Labute approximate surface area is 146 Å². The highest BCUT2D eigenvalue weighted by Gasteiger charge is 2.21. The van der Waals surface area contributed by atoms with Gasteiger partial charge in [0.1, 0.15) is 12.3 Å². The molecular formula is C18H22N4O3. The van der Waals surface area contributed by atoms with Crippen LogP contribution in [0.15, 0.2) is 41.3 Å². The molecule has 7 heteroatoms. The van der Waals surface area contributed by atoms with Crippen molar-refractivity contribution in [1.82, 2.24) is 10.3 Å². The third kappa shape index (κ3) is 4.17. The van der Waals surface area contributed by atoms with Gasteiger partial charge in [0.2, 0.25) is 5.91 Å². The van der Waals surface area contributed by atoms with Gasteiger partial charge in [-0.05, 0) is 44.4 Å². The Balaban J connectivity index is 1.65. The third-order valence-electron chi connectivity index (χ3n) is 4.22. The second-order valence-corrected chi connectivity index (χ2v) is 6.12. The molecule has 3 heterocycles. The highest BCUT2D eigenvalue weighted by Crippen LogP contribution is 2.25. The summed E-state index contributed by atoms with van der Waals surface area (Å²) in [6.45, 7) is 3.52. The standard InChI is InChI=1S/C18H22N4O3/c1-13(20-18(24)14-7-11-25-12-14)17(23)21-15-6-5-8-19-16(15)22-9-3-2-4-10-22/h5-8,11-13H,2-4,9-10H2,1H3,(H,20,24)(H,21,23)/t13-/m1/s1. The van der Waals surface area contributed by atoms with E-state index in [0.29, 0.717) is 11.3 Å². The molecule has 2 aromatic rings. The summed E-state index contributed by atoms with van der Waals surface area (Å²) >= 11 is 0. The summed E-state index contributed by atoms with van der Waals surface area (Å²) in [6, 6.07) is 4.49. The van der Waals surface area contributed by atoms with Gasteiger partial charge in [-0.25, -0.2) is 4.98 Å². The Morgan fingerprint density at radius 3 is 2.76 bits per heavy atom. The molecule has 2 amide bonds. The summed E-state index contributed by atoms with van der Waals surface area (Å²) in [5, 5.41) is 5.53. The van der Waals surface area contributed by atoms with Crippen molar-refractivity contribution in [2.24, 2.45) is 0 Å². The van der Waals surface area contributed by atoms with Gasteiger partial charge >= 0.3 is 0 Å². The maximum absolute atomic E-state index is 12.5. The normalized spacial score (nSPS) is 15.5. The van der Waals surface area contributed by atoms with Gasteiger partial charge in [0.05, 0.1) is 17.5 Å². The first-order valence-electron chi connectivity index (χ1n) is 8.49. The number of rotatable bonds is 5. The molecule has 0 radical (unpaired) electrons. The molecule has 7 nitrogen and oxygen atoms in total. The van der Waals surface area contributed by atoms with Crippen molar-refractivity contribution in [3.63, 3.8) is 0 Å². The molecule has 1 fully saturated rings. The fourth-order valence-corrected chi connectivity index (χ4v) is 2.83. The van der Waals surface area contributed by atoms with E-state index in [2.05, 4.69) is 20.5 Å². The molecule has 1 atom stereocenters. The SMILES string of the molecule is C[C@@H](NC(=O)c1ccoc1)C(=O)Nc1cccnc1N1CCCCC1. The van der Waals surface area contributed by atoms with Crippen LogP contribution in [0.5, 0.6) is 0 Å². The van der Waals surface area contributed by atoms with Crippen LogP contribution < -0.4 is 15.5 Å². The van der Waals surface area contributed by atoms with E-state index < -0.39 is 6.04 Å². The summed E-state index contributed by atoms with van der Waals surface area (Å²) < 4.78 is 4.88. The summed E-state index contributed by atoms with van der Waals surface area (Å²) in [5.41, 5.74) is 1.05. The Morgan fingerprint density at radius 2 is 2.04 bits per heavy atom. The van der Waals surface area contributed by atoms with Crippen molar-refractivity contribution in [3.8, 4) is 0 Å². The molecule has 25 heavy (non-hydrogen) atoms. The van der Waals surface area contributed by atoms with Gasteiger partial charge in [0.15, 0.2) is 5.82 Å². The molecule has 0 saturated carbocycles. The average Bonchev–Trinajstić information content (AvgIpc) is 3.17. The van der Waals surface area contributed by atoms with Gasteiger partial charge in [0.25, 0.3) is 5.91 Å². The van der Waals surface area contributed by atoms with Crippen molar-refractivity contribution in [1.29, 1.82) is 0 Å². The van der Waals surface area contributed by atoms with Crippen LogP contribution in [-0.4, -0.2) is 35.9 Å². The van der Waals surface area contributed by atoms with E-state index in [1.54, 1.807) is 25.3 Å². The van der Waals surface area contributed by atoms with Crippen LogP contribution in [-0.2, 0) is 4.79 Å². The Bertz CT molecular complexity index is 724. The fourth-order valence-electron chi connectivity index (χ4n) is 2.83. The Kier molecular flexibility index (Phi) is 5.33. The van der Waals surface area contributed by atoms with Crippen molar-refractivity contribution in [3.05, 3.63) is 42.5 Å². The largest absolute Gasteiger partial charge is 0.472 e. The smallest absolute Gasteiger partial charge is 0.255 e. The molecule has 3 rings (SSSR count). The van der Waals surface area contributed by atoms with E-state index in [1.165, 1.54) is 18.9 Å². The van der Waals surface area contributed by atoms with Crippen molar-refractivity contribution in [2.45, 2.75) is 32.2 Å². The Hall–Kier alpha value is -2.83. The zero-order valence-corrected chi connectivity index (χ0v) is 14.2. The number of aromatic nitrogens is 1. The van der Waals surface area contributed by atoms with Gasteiger partial charge in [-0.3, -0.25) is 9.59 Å².